The average Bonchev–Trinajstić information content (AvgIpc) is 3.29. The summed E-state index contributed by atoms with van der Waals surface area (Å²) in [5, 5.41) is 13.8. The van der Waals surface area contributed by atoms with Crippen molar-refractivity contribution >= 4 is 13.7 Å². The Hall–Kier alpha value is -3.10. The van der Waals surface area contributed by atoms with Gasteiger partial charge in [-0.2, -0.15) is 0 Å². The molecule has 0 rings (SSSR count). The predicted molar refractivity (Wildman–Crippen MR) is 288 cm³/mol. The second kappa shape index (κ2) is 47.9. The Morgan fingerprint density at radius 3 is 1.39 bits per heavy atom. The number of phosphoric ester groups is 1. The van der Waals surface area contributed by atoms with E-state index in [1.54, 1.807) is 6.08 Å². The van der Waals surface area contributed by atoms with E-state index in [9.17, 15) is 19.4 Å². The second-order valence-electron chi connectivity index (χ2n) is 18.5. The van der Waals surface area contributed by atoms with E-state index in [-0.39, 0.29) is 12.5 Å². The van der Waals surface area contributed by atoms with Crippen LogP contribution in [0.4, 0.5) is 0 Å². The van der Waals surface area contributed by atoms with Gasteiger partial charge in [0.2, 0.25) is 5.91 Å². The van der Waals surface area contributed by atoms with E-state index in [1.807, 2.05) is 27.2 Å². The van der Waals surface area contributed by atoms with Gasteiger partial charge in [0.15, 0.2) is 0 Å². The lowest BCUT2D eigenvalue weighted by Crippen LogP contribution is -2.45. The summed E-state index contributed by atoms with van der Waals surface area (Å²) >= 11 is 0. The van der Waals surface area contributed by atoms with Crippen molar-refractivity contribution in [2.24, 2.45) is 0 Å². The Bertz CT molecular complexity index is 1500. The fourth-order valence-corrected chi connectivity index (χ4v) is 7.47. The highest BCUT2D eigenvalue weighted by Crippen LogP contribution is 2.38. The Labute approximate surface area is 412 Å². The number of carbonyl (C=O) groups excluding carboxylic acids is 1. The van der Waals surface area contributed by atoms with Gasteiger partial charge in [0, 0.05) is 6.42 Å². The molecule has 67 heavy (non-hydrogen) atoms. The van der Waals surface area contributed by atoms with Crippen LogP contribution in [-0.4, -0.2) is 68.5 Å². The number of nitrogens with one attached hydrogen (secondary N) is 1. The number of hydrogen-bond acceptors (Lipinski definition) is 6. The van der Waals surface area contributed by atoms with Gasteiger partial charge >= 0.3 is 0 Å². The second-order valence-corrected chi connectivity index (χ2v) is 19.9. The van der Waals surface area contributed by atoms with Crippen LogP contribution in [0.3, 0.4) is 0 Å². The number of unbranched alkanes of at least 4 members (excludes halogenated alkanes) is 15. The first-order valence-corrected chi connectivity index (χ1v) is 27.9. The van der Waals surface area contributed by atoms with Crippen LogP contribution in [0.25, 0.3) is 0 Å². The number of likely N-dealkylation sites (N-methyl/N-ethyl adjacent to an activating group) is 1. The number of aliphatic hydroxyl groups excluding tert-OH is 1. The molecule has 0 fully saturated rings. The maximum absolute atomic E-state index is 12.9. The molecule has 0 aliphatic heterocycles. The Kier molecular flexibility index (Phi) is 45.7. The summed E-state index contributed by atoms with van der Waals surface area (Å²) in [6.45, 7) is 4.46. The van der Waals surface area contributed by atoms with Gasteiger partial charge in [-0.1, -0.05) is 200 Å². The van der Waals surface area contributed by atoms with Gasteiger partial charge in [-0.3, -0.25) is 9.36 Å². The number of carbonyl (C=O) groups is 1. The van der Waals surface area contributed by atoms with Crippen LogP contribution < -0.4 is 10.2 Å². The van der Waals surface area contributed by atoms with Crippen molar-refractivity contribution in [3.05, 3.63) is 122 Å². The lowest BCUT2D eigenvalue weighted by molar-refractivity contribution is -0.870. The summed E-state index contributed by atoms with van der Waals surface area (Å²) < 4.78 is 23.3. The van der Waals surface area contributed by atoms with Crippen molar-refractivity contribution in [2.75, 3.05) is 40.9 Å². The molecule has 8 nitrogen and oxygen atoms in total. The zero-order chi connectivity index (χ0) is 49.2. The number of amides is 1. The SMILES string of the molecule is CC/C=C\C/C=C\C/C=C\C/C=C\C/C=C\C/C=C\C/C=C\CCCCCCCC(=O)NC(COP(=O)([O-])OCC[N+](C)(C)C)C(O)/C=C/CC/C=C/CC/C=C/CCCCCCCCCC. The molecule has 0 aliphatic carbocycles. The molecular weight excluding hydrogens is 852 g/mol. The van der Waals surface area contributed by atoms with Gasteiger partial charge in [-0.25, -0.2) is 0 Å². The third-order valence-corrected chi connectivity index (χ3v) is 11.8. The predicted octanol–water partition coefficient (Wildman–Crippen LogP) is 15.2. The largest absolute Gasteiger partial charge is 0.756 e. The third-order valence-electron chi connectivity index (χ3n) is 10.9. The maximum atomic E-state index is 12.9. The molecule has 0 saturated carbocycles. The van der Waals surface area contributed by atoms with E-state index in [1.165, 1.54) is 57.8 Å². The van der Waals surface area contributed by atoms with Crippen LogP contribution in [0.5, 0.6) is 0 Å². The number of quaternary nitrogens is 1. The van der Waals surface area contributed by atoms with Crippen molar-refractivity contribution in [1.82, 2.24) is 5.32 Å². The Balaban J connectivity index is 4.43. The zero-order valence-corrected chi connectivity index (χ0v) is 44.2. The number of phosphoric acid groups is 1. The minimum Gasteiger partial charge on any atom is -0.756 e. The molecule has 0 aliphatic rings. The molecule has 0 bridgehead atoms. The first-order chi connectivity index (χ1) is 32.5. The highest BCUT2D eigenvalue weighted by Gasteiger charge is 2.23. The number of rotatable bonds is 46. The summed E-state index contributed by atoms with van der Waals surface area (Å²) in [5.74, 6) is -0.236. The van der Waals surface area contributed by atoms with Crippen LogP contribution in [0.2, 0.25) is 0 Å². The standard InChI is InChI=1S/C58H99N2O6P/c1-6-8-10-12-14-16-18-20-22-24-26-27-28-29-30-31-32-33-34-36-38-40-42-44-46-48-50-52-58(62)59-56(55-66-67(63,64)65-54-53-60(3,4)5)57(61)51-49-47-45-43-41-39-37-35-25-23-21-19-17-15-13-11-9-7-2/h8,10,14,16,20,22,25-27,29-30,32-33,35-36,38,41,43,49,51,56-57,61H,6-7,9,11-13,15,17-19,21,23-24,28,31,34,37,39-40,42,44-48,50,52-55H2,1-5H3,(H-,59,62,63,64)/b10-8-,16-14-,22-20-,27-26-,30-29-,33-32-,35-25+,38-36-,43-41+,51-49+. The minimum atomic E-state index is -4.62. The molecule has 2 N–H and O–H groups in total. The first-order valence-electron chi connectivity index (χ1n) is 26.4. The van der Waals surface area contributed by atoms with E-state index in [2.05, 4.69) is 129 Å². The number of nitrogens with zero attached hydrogens (tertiary/aromatic N) is 1. The molecule has 0 saturated heterocycles. The number of hydrogen-bond donors (Lipinski definition) is 2. The molecular formula is C58H99N2O6P. The summed E-state index contributed by atoms with van der Waals surface area (Å²) in [5.41, 5.74) is 0. The molecule has 3 atom stereocenters. The van der Waals surface area contributed by atoms with Crippen molar-refractivity contribution in [2.45, 2.75) is 199 Å². The van der Waals surface area contributed by atoms with Gasteiger partial charge in [-0.15, -0.1) is 0 Å². The van der Waals surface area contributed by atoms with Crippen LogP contribution in [0.1, 0.15) is 187 Å². The molecule has 0 aromatic rings. The first kappa shape index (κ1) is 63.9. The third kappa shape index (κ3) is 50.6. The molecule has 0 aromatic heterocycles. The number of allylic oxidation sites excluding steroid dienone is 19. The molecule has 9 heteroatoms. The topological polar surface area (TPSA) is 108 Å². The Morgan fingerprint density at radius 2 is 0.925 bits per heavy atom. The van der Waals surface area contributed by atoms with Crippen molar-refractivity contribution in [3.8, 4) is 0 Å². The highest BCUT2D eigenvalue weighted by molar-refractivity contribution is 7.45. The van der Waals surface area contributed by atoms with Crippen molar-refractivity contribution in [1.29, 1.82) is 0 Å². The van der Waals surface area contributed by atoms with Crippen molar-refractivity contribution in [3.63, 3.8) is 0 Å². The normalized spacial score (nSPS) is 15.0. The fraction of sp³-hybridized carbons (Fsp3) is 0.638. The fourth-order valence-electron chi connectivity index (χ4n) is 6.75. The molecule has 3 unspecified atom stereocenters. The van der Waals surface area contributed by atoms with E-state index >= 15 is 0 Å². The monoisotopic (exact) mass is 951 g/mol. The Morgan fingerprint density at radius 1 is 0.537 bits per heavy atom. The smallest absolute Gasteiger partial charge is 0.268 e. The maximum Gasteiger partial charge on any atom is 0.268 e. The van der Waals surface area contributed by atoms with Gasteiger partial charge in [0.1, 0.15) is 13.2 Å². The van der Waals surface area contributed by atoms with Gasteiger partial charge < -0.3 is 28.8 Å². The van der Waals surface area contributed by atoms with Crippen LogP contribution >= 0.6 is 7.82 Å². The molecule has 0 aromatic carbocycles. The quantitative estimate of drug-likeness (QED) is 0.0272. The van der Waals surface area contributed by atoms with Crippen molar-refractivity contribution < 1.29 is 32.9 Å². The molecule has 0 spiro atoms. The van der Waals surface area contributed by atoms with E-state index in [0.717, 1.165) is 109 Å². The lowest BCUT2D eigenvalue weighted by Gasteiger charge is -2.29. The number of aliphatic hydroxyl groups is 1. The van der Waals surface area contributed by atoms with E-state index in [0.29, 0.717) is 17.4 Å². The molecule has 1 amide bonds. The van der Waals surface area contributed by atoms with Crippen LogP contribution in [-0.2, 0) is 18.4 Å². The summed E-state index contributed by atoms with van der Waals surface area (Å²) in [6, 6.07) is -0.930. The molecule has 0 heterocycles. The average molecular weight is 951 g/mol. The zero-order valence-electron chi connectivity index (χ0n) is 43.3. The highest BCUT2D eigenvalue weighted by atomic mass is 31.2. The van der Waals surface area contributed by atoms with Gasteiger partial charge in [-0.05, 0) is 103 Å². The summed E-state index contributed by atoms with van der Waals surface area (Å²) in [4.78, 5) is 25.4. The van der Waals surface area contributed by atoms with Crippen LogP contribution in [0, 0.1) is 0 Å². The van der Waals surface area contributed by atoms with Crippen LogP contribution in [0.15, 0.2) is 122 Å². The lowest BCUT2D eigenvalue weighted by atomic mass is 10.1. The summed E-state index contributed by atoms with van der Waals surface area (Å²) in [7, 11) is 1.20. The van der Waals surface area contributed by atoms with E-state index in [4.69, 9.17) is 9.05 Å². The minimum absolute atomic E-state index is 0.0204. The molecule has 0 radical (unpaired) electrons. The summed E-state index contributed by atoms with van der Waals surface area (Å²) in [6.07, 6.45) is 71.2. The molecule has 382 valence electrons. The van der Waals surface area contributed by atoms with Gasteiger partial charge in [0.05, 0.1) is 39.9 Å². The van der Waals surface area contributed by atoms with Gasteiger partial charge in [0.25, 0.3) is 7.82 Å². The van der Waals surface area contributed by atoms with E-state index < -0.39 is 26.6 Å².